The maximum Gasteiger partial charge on any atom is 0.170 e. The minimum atomic E-state index is -2.94. The number of hydrogen-bond donors (Lipinski definition) is 2. The van der Waals surface area contributed by atoms with Gasteiger partial charge < -0.3 is 15.4 Å². The normalized spacial score (nSPS) is 12.0. The first-order chi connectivity index (χ1) is 9.30. The van der Waals surface area contributed by atoms with Crippen LogP contribution in [0, 0.1) is 0 Å². The van der Waals surface area contributed by atoms with Crippen molar-refractivity contribution in [2.24, 2.45) is 0 Å². The predicted octanol–water partition coefficient (Wildman–Crippen LogP) is 1.92. The second-order valence-corrected chi connectivity index (χ2v) is 7.32. The molecule has 1 aromatic rings. The van der Waals surface area contributed by atoms with Crippen LogP contribution in [0.1, 0.15) is 13.3 Å². The zero-order valence-electron chi connectivity index (χ0n) is 12.3. The molecule has 5 nitrogen and oxygen atoms in total. The van der Waals surface area contributed by atoms with Crippen LogP contribution in [0.5, 0.6) is 5.75 Å². The van der Waals surface area contributed by atoms with Crippen LogP contribution in [0.15, 0.2) is 24.3 Å². The Morgan fingerprint density at radius 3 is 2.67 bits per heavy atom. The molecular weight excluding hydrogens is 328 g/mol. The van der Waals surface area contributed by atoms with Gasteiger partial charge in [0.05, 0.1) is 12.9 Å². The molecule has 0 aliphatic heterocycles. The zero-order valence-corrected chi connectivity index (χ0v) is 15.0. The molecule has 0 saturated carbocycles. The summed E-state index contributed by atoms with van der Waals surface area (Å²) in [7, 11) is -1.34. The van der Waals surface area contributed by atoms with Crippen LogP contribution in [-0.2, 0) is 9.84 Å². The molecule has 0 unspecified atom stereocenters. The minimum absolute atomic E-state index is 0. The summed E-state index contributed by atoms with van der Waals surface area (Å²) in [6, 6.07) is 7.38. The third-order valence-electron chi connectivity index (χ3n) is 2.63. The summed E-state index contributed by atoms with van der Waals surface area (Å²) in [5.41, 5.74) is 0.817. The van der Waals surface area contributed by atoms with E-state index in [1.807, 2.05) is 31.2 Å². The van der Waals surface area contributed by atoms with Gasteiger partial charge in [0.15, 0.2) is 5.11 Å². The minimum Gasteiger partial charge on any atom is -0.497 e. The van der Waals surface area contributed by atoms with Crippen LogP contribution in [0.4, 0.5) is 5.69 Å². The highest BCUT2D eigenvalue weighted by Gasteiger charge is 2.09. The summed E-state index contributed by atoms with van der Waals surface area (Å²) in [5.74, 6) is 0.881. The first-order valence-corrected chi connectivity index (χ1v) is 8.66. The fraction of sp³-hybridized carbons (Fsp3) is 0.462. The third kappa shape index (κ3) is 8.79. The molecule has 1 atom stereocenters. The van der Waals surface area contributed by atoms with Gasteiger partial charge in [0.1, 0.15) is 15.6 Å². The Morgan fingerprint density at radius 2 is 2.10 bits per heavy atom. The van der Waals surface area contributed by atoms with Gasteiger partial charge in [-0.1, -0.05) is 6.07 Å². The van der Waals surface area contributed by atoms with Crippen molar-refractivity contribution in [3.8, 4) is 5.75 Å². The lowest BCUT2D eigenvalue weighted by Crippen LogP contribution is -2.36. The van der Waals surface area contributed by atoms with Crippen molar-refractivity contribution in [1.29, 1.82) is 0 Å². The van der Waals surface area contributed by atoms with E-state index in [4.69, 9.17) is 17.0 Å². The van der Waals surface area contributed by atoms with Crippen LogP contribution in [0.2, 0.25) is 0 Å². The number of thiocarbonyl (C=S) groups is 1. The Hall–Kier alpha value is -0.990. The largest absolute Gasteiger partial charge is 0.497 e. The Morgan fingerprint density at radius 1 is 1.43 bits per heavy atom. The molecule has 0 heterocycles. The van der Waals surface area contributed by atoms with Gasteiger partial charge in [-0.3, -0.25) is 0 Å². The molecule has 21 heavy (non-hydrogen) atoms. The highest BCUT2D eigenvalue weighted by atomic mass is 32.2. The molecule has 0 aliphatic carbocycles. The lowest BCUT2D eigenvalue weighted by molar-refractivity contribution is 0.415. The summed E-state index contributed by atoms with van der Waals surface area (Å²) in [5, 5.41) is 6.55. The monoisotopic (exact) mass is 350 g/mol. The van der Waals surface area contributed by atoms with Crippen molar-refractivity contribution in [1.82, 2.24) is 5.32 Å². The van der Waals surface area contributed by atoms with E-state index in [0.717, 1.165) is 11.4 Å². The smallest absolute Gasteiger partial charge is 0.170 e. The standard InChI is InChI=1S/C13H20N2O3S2.H2S/c1-10(7-8-20(3,16)17)14-13(19)15-11-5-4-6-12(9-11)18-2;/h4-6,9-10H,7-8H2,1-3H3,(H2,14,15,19);1H2/t10-;/m0./s1. The molecule has 0 amide bonds. The summed E-state index contributed by atoms with van der Waals surface area (Å²) < 4.78 is 27.3. The fourth-order valence-electron chi connectivity index (χ4n) is 1.55. The number of rotatable bonds is 6. The van der Waals surface area contributed by atoms with Gasteiger partial charge in [-0.05, 0) is 37.7 Å². The molecule has 0 fully saturated rings. The second kappa shape index (κ2) is 9.11. The van der Waals surface area contributed by atoms with Gasteiger partial charge in [-0.15, -0.1) is 0 Å². The molecule has 120 valence electrons. The quantitative estimate of drug-likeness (QED) is 0.764. The van der Waals surface area contributed by atoms with E-state index in [1.54, 1.807) is 7.11 Å². The Kier molecular flexibility index (Phi) is 8.68. The average molecular weight is 351 g/mol. The molecule has 0 spiro atoms. The van der Waals surface area contributed by atoms with Gasteiger partial charge >= 0.3 is 0 Å². The van der Waals surface area contributed by atoms with Gasteiger partial charge in [0, 0.05) is 24.1 Å². The fourth-order valence-corrected chi connectivity index (χ4v) is 2.66. The van der Waals surface area contributed by atoms with E-state index in [0.29, 0.717) is 11.5 Å². The molecular formula is C13H22N2O3S3. The van der Waals surface area contributed by atoms with Gasteiger partial charge in [0.25, 0.3) is 0 Å². The second-order valence-electron chi connectivity index (χ2n) is 4.65. The van der Waals surface area contributed by atoms with E-state index in [-0.39, 0.29) is 25.3 Å². The van der Waals surface area contributed by atoms with Gasteiger partial charge in [0.2, 0.25) is 0 Å². The van der Waals surface area contributed by atoms with Crippen LogP contribution in [0.3, 0.4) is 0 Å². The zero-order chi connectivity index (χ0) is 15.2. The Bertz CT molecular complexity index is 562. The van der Waals surface area contributed by atoms with Crippen molar-refractivity contribution < 1.29 is 13.2 Å². The maximum atomic E-state index is 11.1. The first kappa shape index (κ1) is 20.0. The topological polar surface area (TPSA) is 67.4 Å². The molecule has 2 N–H and O–H groups in total. The average Bonchev–Trinajstić information content (AvgIpc) is 2.35. The van der Waals surface area contributed by atoms with Crippen LogP contribution >= 0.6 is 25.7 Å². The van der Waals surface area contributed by atoms with E-state index >= 15 is 0 Å². The van der Waals surface area contributed by atoms with E-state index in [1.165, 1.54) is 6.26 Å². The number of anilines is 1. The van der Waals surface area contributed by atoms with Crippen molar-refractivity contribution in [3.63, 3.8) is 0 Å². The van der Waals surface area contributed by atoms with E-state index < -0.39 is 9.84 Å². The Labute approximate surface area is 138 Å². The van der Waals surface area contributed by atoms with Gasteiger partial charge in [-0.2, -0.15) is 13.5 Å². The van der Waals surface area contributed by atoms with Crippen molar-refractivity contribution in [2.75, 3.05) is 24.4 Å². The van der Waals surface area contributed by atoms with Crippen molar-refractivity contribution in [2.45, 2.75) is 19.4 Å². The summed E-state index contributed by atoms with van der Waals surface area (Å²) in [4.78, 5) is 0. The molecule has 0 radical (unpaired) electrons. The highest BCUT2D eigenvalue weighted by Crippen LogP contribution is 2.16. The Balaban J connectivity index is 0.00000400. The van der Waals surface area contributed by atoms with Crippen LogP contribution in [-0.4, -0.2) is 38.7 Å². The highest BCUT2D eigenvalue weighted by molar-refractivity contribution is 7.90. The summed E-state index contributed by atoms with van der Waals surface area (Å²) in [6.45, 7) is 1.89. The molecule has 0 aromatic heterocycles. The van der Waals surface area contributed by atoms with Crippen molar-refractivity contribution in [3.05, 3.63) is 24.3 Å². The number of nitrogens with one attached hydrogen (secondary N) is 2. The molecule has 0 saturated heterocycles. The number of sulfone groups is 1. The van der Waals surface area contributed by atoms with Crippen molar-refractivity contribution >= 4 is 46.4 Å². The predicted molar refractivity (Wildman–Crippen MR) is 96.5 cm³/mol. The molecule has 8 heteroatoms. The summed E-state index contributed by atoms with van der Waals surface area (Å²) >= 11 is 5.19. The lowest BCUT2D eigenvalue weighted by Gasteiger charge is -2.16. The van der Waals surface area contributed by atoms with E-state index in [9.17, 15) is 8.42 Å². The van der Waals surface area contributed by atoms with Crippen LogP contribution < -0.4 is 15.4 Å². The van der Waals surface area contributed by atoms with E-state index in [2.05, 4.69) is 10.6 Å². The molecule has 0 bridgehead atoms. The lowest BCUT2D eigenvalue weighted by atomic mass is 10.2. The number of ether oxygens (including phenoxy) is 1. The van der Waals surface area contributed by atoms with Crippen LogP contribution in [0.25, 0.3) is 0 Å². The molecule has 1 aromatic carbocycles. The van der Waals surface area contributed by atoms with Gasteiger partial charge in [-0.25, -0.2) is 8.42 Å². The number of hydrogen-bond acceptors (Lipinski definition) is 4. The first-order valence-electron chi connectivity index (χ1n) is 6.19. The number of benzene rings is 1. The summed E-state index contributed by atoms with van der Waals surface area (Å²) in [6.07, 6.45) is 1.74. The number of methoxy groups -OCH3 is 1. The maximum absolute atomic E-state index is 11.1. The SMILES string of the molecule is COc1cccc(NC(=S)N[C@@H](C)CCS(C)(=O)=O)c1.S. The molecule has 1 rings (SSSR count). The third-order valence-corrected chi connectivity index (χ3v) is 3.82. The molecule has 0 aliphatic rings.